The van der Waals surface area contributed by atoms with E-state index in [4.69, 9.17) is 10.8 Å². The number of thiocarbonyl (C=S) groups is 1. The van der Waals surface area contributed by atoms with E-state index in [1.54, 1.807) is 12.1 Å². The number of hydrogen-bond donors (Lipinski definition) is 3. The van der Waals surface area contributed by atoms with E-state index in [1.807, 2.05) is 0 Å². The van der Waals surface area contributed by atoms with E-state index in [9.17, 15) is 4.79 Å². The van der Waals surface area contributed by atoms with E-state index in [1.165, 1.54) is 12.1 Å². The van der Waals surface area contributed by atoms with E-state index < -0.39 is 5.97 Å². The molecule has 0 bridgehead atoms. The second-order valence-electron chi connectivity index (χ2n) is 2.37. The molecule has 76 valence electrons. The predicted octanol–water partition coefficient (Wildman–Crippen LogP) is 1.46. The van der Waals surface area contributed by atoms with E-state index in [0.717, 1.165) is 0 Å². The molecule has 0 aliphatic carbocycles. The average Bonchev–Trinajstić information content (AvgIpc) is 2.04. The van der Waals surface area contributed by atoms with Gasteiger partial charge >= 0.3 is 5.97 Å². The van der Waals surface area contributed by atoms with Gasteiger partial charge in [-0.15, -0.1) is 12.4 Å². The molecule has 14 heavy (non-hydrogen) atoms. The van der Waals surface area contributed by atoms with Crippen molar-refractivity contribution in [2.24, 2.45) is 5.73 Å². The molecule has 0 aliphatic rings. The maximum atomic E-state index is 10.5. The highest BCUT2D eigenvalue weighted by atomic mass is 35.5. The summed E-state index contributed by atoms with van der Waals surface area (Å²) in [7, 11) is 0. The minimum Gasteiger partial charge on any atom is -0.478 e. The van der Waals surface area contributed by atoms with Crippen LogP contribution in [0.4, 0.5) is 5.69 Å². The number of hydrogen-bond acceptors (Lipinski definition) is 2. The van der Waals surface area contributed by atoms with E-state index >= 15 is 0 Å². The Hall–Kier alpha value is -1.33. The lowest BCUT2D eigenvalue weighted by Crippen LogP contribution is -2.18. The van der Waals surface area contributed by atoms with Gasteiger partial charge in [-0.3, -0.25) is 0 Å². The van der Waals surface area contributed by atoms with Gasteiger partial charge in [0, 0.05) is 5.69 Å². The van der Waals surface area contributed by atoms with Crippen LogP contribution in [0, 0.1) is 0 Å². The molecule has 0 fully saturated rings. The Labute approximate surface area is 92.5 Å². The van der Waals surface area contributed by atoms with Crippen molar-refractivity contribution in [3.8, 4) is 0 Å². The molecule has 0 unspecified atom stereocenters. The van der Waals surface area contributed by atoms with Crippen LogP contribution in [0.5, 0.6) is 0 Å². The number of anilines is 1. The van der Waals surface area contributed by atoms with Crippen LogP contribution in [-0.4, -0.2) is 16.2 Å². The number of carbonyl (C=O) groups is 1. The van der Waals surface area contributed by atoms with Gasteiger partial charge in [0.1, 0.15) is 0 Å². The van der Waals surface area contributed by atoms with Crippen molar-refractivity contribution in [2.75, 3.05) is 5.32 Å². The third kappa shape index (κ3) is 3.59. The van der Waals surface area contributed by atoms with Crippen molar-refractivity contribution in [3.05, 3.63) is 29.8 Å². The minimum atomic E-state index is -0.957. The quantitative estimate of drug-likeness (QED) is 0.674. The van der Waals surface area contributed by atoms with Crippen LogP contribution in [-0.2, 0) is 0 Å². The van der Waals surface area contributed by atoms with Gasteiger partial charge in [-0.05, 0) is 36.5 Å². The third-order valence-electron chi connectivity index (χ3n) is 1.40. The minimum absolute atomic E-state index is 0. The zero-order valence-corrected chi connectivity index (χ0v) is 8.69. The highest BCUT2D eigenvalue weighted by Gasteiger charge is 2.00. The van der Waals surface area contributed by atoms with Crippen molar-refractivity contribution >= 4 is 41.4 Å². The van der Waals surface area contributed by atoms with Crippen molar-refractivity contribution in [2.45, 2.75) is 0 Å². The van der Waals surface area contributed by atoms with Gasteiger partial charge in [0.15, 0.2) is 5.11 Å². The fourth-order valence-electron chi connectivity index (χ4n) is 0.838. The summed E-state index contributed by atoms with van der Waals surface area (Å²) in [5.74, 6) is -0.957. The molecule has 0 heterocycles. The van der Waals surface area contributed by atoms with Gasteiger partial charge in [0.05, 0.1) is 5.56 Å². The van der Waals surface area contributed by atoms with Gasteiger partial charge in [-0.2, -0.15) is 0 Å². The van der Waals surface area contributed by atoms with Crippen molar-refractivity contribution < 1.29 is 9.90 Å². The van der Waals surface area contributed by atoms with Gasteiger partial charge in [-0.1, -0.05) is 0 Å². The Morgan fingerprint density at radius 1 is 1.36 bits per heavy atom. The number of rotatable bonds is 2. The molecule has 0 saturated heterocycles. The molecule has 1 rings (SSSR count). The number of aromatic carboxylic acids is 1. The zero-order valence-electron chi connectivity index (χ0n) is 7.06. The maximum absolute atomic E-state index is 10.5. The molecule has 0 atom stereocenters. The summed E-state index contributed by atoms with van der Waals surface area (Å²) >= 11 is 4.61. The Bertz CT molecular complexity index is 340. The van der Waals surface area contributed by atoms with Crippen LogP contribution in [0.25, 0.3) is 0 Å². The number of nitrogens with one attached hydrogen (secondary N) is 1. The first-order valence-corrected chi connectivity index (χ1v) is 3.90. The normalized spacial score (nSPS) is 8.57. The second kappa shape index (κ2) is 5.41. The summed E-state index contributed by atoms with van der Waals surface area (Å²) < 4.78 is 0. The summed E-state index contributed by atoms with van der Waals surface area (Å²) in [5, 5.41) is 11.4. The van der Waals surface area contributed by atoms with Gasteiger partial charge in [0.2, 0.25) is 0 Å². The number of nitrogens with two attached hydrogens (primary N) is 1. The van der Waals surface area contributed by atoms with Crippen LogP contribution in [0.15, 0.2) is 24.3 Å². The lowest BCUT2D eigenvalue weighted by Gasteiger charge is -2.02. The molecule has 0 aromatic heterocycles. The first-order chi connectivity index (χ1) is 6.09. The lowest BCUT2D eigenvalue weighted by molar-refractivity contribution is 0.0697. The smallest absolute Gasteiger partial charge is 0.335 e. The topological polar surface area (TPSA) is 75.3 Å². The monoisotopic (exact) mass is 232 g/mol. The summed E-state index contributed by atoms with van der Waals surface area (Å²) in [6, 6.07) is 6.15. The molecule has 0 aliphatic heterocycles. The molecular weight excluding hydrogens is 224 g/mol. The van der Waals surface area contributed by atoms with Crippen LogP contribution < -0.4 is 11.1 Å². The molecule has 1 aromatic rings. The van der Waals surface area contributed by atoms with Gasteiger partial charge in [-0.25, -0.2) is 4.79 Å². The van der Waals surface area contributed by atoms with Crippen LogP contribution in [0.1, 0.15) is 10.4 Å². The molecule has 0 amide bonds. The van der Waals surface area contributed by atoms with Gasteiger partial charge < -0.3 is 16.2 Å². The molecule has 6 heteroatoms. The fraction of sp³-hybridized carbons (Fsp3) is 0. The standard InChI is InChI=1S/C8H8N2O2S.ClH/c9-8(13)10-6-3-1-5(2-4-6)7(11)12;/h1-4H,(H,11,12)(H3,9,10,13);1H. The first-order valence-electron chi connectivity index (χ1n) is 3.49. The van der Waals surface area contributed by atoms with Gasteiger partial charge in [0.25, 0.3) is 0 Å². The molecule has 4 N–H and O–H groups in total. The van der Waals surface area contributed by atoms with Crippen molar-refractivity contribution in [1.82, 2.24) is 0 Å². The van der Waals surface area contributed by atoms with E-state index in [0.29, 0.717) is 5.69 Å². The zero-order chi connectivity index (χ0) is 9.84. The summed E-state index contributed by atoms with van der Waals surface area (Å²) in [6.45, 7) is 0. The second-order valence-corrected chi connectivity index (χ2v) is 2.81. The van der Waals surface area contributed by atoms with Crippen LogP contribution >= 0.6 is 24.6 Å². The molecule has 1 aromatic carbocycles. The molecule has 0 saturated carbocycles. The molecular formula is C8H9ClN2O2S. The number of benzene rings is 1. The van der Waals surface area contributed by atoms with Crippen molar-refractivity contribution in [1.29, 1.82) is 0 Å². The lowest BCUT2D eigenvalue weighted by atomic mass is 10.2. The van der Waals surface area contributed by atoms with E-state index in [2.05, 4.69) is 17.5 Å². The Morgan fingerprint density at radius 3 is 2.21 bits per heavy atom. The fourth-order valence-corrected chi connectivity index (χ4v) is 0.956. The Balaban J connectivity index is 0.00000169. The van der Waals surface area contributed by atoms with Crippen LogP contribution in [0.2, 0.25) is 0 Å². The summed E-state index contributed by atoms with van der Waals surface area (Å²) in [4.78, 5) is 10.5. The third-order valence-corrected chi connectivity index (χ3v) is 1.50. The molecule has 0 spiro atoms. The maximum Gasteiger partial charge on any atom is 0.335 e. The summed E-state index contributed by atoms with van der Waals surface area (Å²) in [5.41, 5.74) is 6.13. The number of carboxylic acid groups (broad SMARTS) is 1. The van der Waals surface area contributed by atoms with Crippen molar-refractivity contribution in [3.63, 3.8) is 0 Å². The average molecular weight is 233 g/mol. The predicted molar refractivity (Wildman–Crippen MR) is 61.1 cm³/mol. The highest BCUT2D eigenvalue weighted by Crippen LogP contribution is 2.08. The SMILES string of the molecule is Cl.NC(=S)Nc1ccc(C(=O)O)cc1. The number of halogens is 1. The largest absolute Gasteiger partial charge is 0.478 e. The Kier molecular flexibility index (Phi) is 4.90. The summed E-state index contributed by atoms with van der Waals surface area (Å²) in [6.07, 6.45) is 0. The first kappa shape index (κ1) is 12.7. The van der Waals surface area contributed by atoms with E-state index in [-0.39, 0.29) is 23.1 Å². The number of carboxylic acids is 1. The Morgan fingerprint density at radius 2 is 1.86 bits per heavy atom. The van der Waals surface area contributed by atoms with Crippen LogP contribution in [0.3, 0.4) is 0 Å². The molecule has 4 nitrogen and oxygen atoms in total. The molecule has 0 radical (unpaired) electrons. The highest BCUT2D eigenvalue weighted by molar-refractivity contribution is 7.80.